The standard InChI is InChI=1S/C10H16O.Fe/c1-9(2)7-4-5-10(9,3)8(11)6-7;/h7H,4-6H2,1-3H3;. The minimum atomic E-state index is 0. The average molecular weight is 208 g/mol. The molecule has 2 aliphatic carbocycles. The predicted molar refractivity (Wildman–Crippen MR) is 44.2 cm³/mol. The fourth-order valence-corrected chi connectivity index (χ4v) is 2.90. The molecule has 1 nitrogen and oxygen atoms in total. The summed E-state index contributed by atoms with van der Waals surface area (Å²) in [6, 6.07) is 0. The number of fused-ring (bicyclic) bond motifs is 2. The fraction of sp³-hybridized carbons (Fsp3) is 0.900. The molecule has 0 saturated heterocycles. The van der Waals surface area contributed by atoms with Gasteiger partial charge in [-0.1, -0.05) is 20.8 Å². The van der Waals surface area contributed by atoms with Gasteiger partial charge in [0.05, 0.1) is 0 Å². The number of Topliss-reactive ketones (excluding diaryl/α,β-unsaturated/α-hetero) is 1. The van der Waals surface area contributed by atoms with Crippen molar-refractivity contribution in [1.82, 2.24) is 0 Å². The number of hydrogen-bond donors (Lipinski definition) is 0. The van der Waals surface area contributed by atoms with Gasteiger partial charge in [0.1, 0.15) is 5.78 Å². The maximum Gasteiger partial charge on any atom is 0.139 e. The van der Waals surface area contributed by atoms with Gasteiger partial charge < -0.3 is 0 Å². The zero-order chi connectivity index (χ0) is 8.28. The van der Waals surface area contributed by atoms with E-state index in [2.05, 4.69) is 20.8 Å². The summed E-state index contributed by atoms with van der Waals surface area (Å²) in [7, 11) is 0. The molecule has 2 atom stereocenters. The maximum atomic E-state index is 11.6. The zero-order valence-electron chi connectivity index (χ0n) is 7.96. The second kappa shape index (κ2) is 2.59. The molecule has 2 fully saturated rings. The summed E-state index contributed by atoms with van der Waals surface area (Å²) in [6.45, 7) is 6.67. The van der Waals surface area contributed by atoms with Crippen molar-refractivity contribution in [3.05, 3.63) is 0 Å². The molecule has 0 aliphatic heterocycles. The van der Waals surface area contributed by atoms with Crippen molar-refractivity contribution in [2.75, 3.05) is 0 Å². The molecular weight excluding hydrogens is 192 g/mol. The van der Waals surface area contributed by atoms with Crippen molar-refractivity contribution in [3.63, 3.8) is 0 Å². The Morgan fingerprint density at radius 1 is 1.33 bits per heavy atom. The molecule has 0 spiro atoms. The van der Waals surface area contributed by atoms with Gasteiger partial charge in [-0.25, -0.2) is 0 Å². The molecule has 0 N–H and O–H groups in total. The number of carbonyl (C=O) groups excluding carboxylic acids is 1. The maximum absolute atomic E-state index is 11.6. The minimum absolute atomic E-state index is 0. The molecule has 2 bridgehead atoms. The van der Waals surface area contributed by atoms with Crippen LogP contribution in [0, 0.1) is 16.7 Å². The van der Waals surface area contributed by atoms with E-state index in [0.717, 1.165) is 12.8 Å². The molecule has 0 amide bonds. The van der Waals surface area contributed by atoms with Crippen LogP contribution < -0.4 is 0 Å². The van der Waals surface area contributed by atoms with Gasteiger partial charge in [0, 0.05) is 28.9 Å². The van der Waals surface area contributed by atoms with Gasteiger partial charge in [-0.2, -0.15) is 0 Å². The van der Waals surface area contributed by atoms with Crippen LogP contribution in [0.1, 0.15) is 40.0 Å². The van der Waals surface area contributed by atoms with Crippen LogP contribution in [-0.4, -0.2) is 5.78 Å². The summed E-state index contributed by atoms with van der Waals surface area (Å²) in [6.07, 6.45) is 3.25. The van der Waals surface area contributed by atoms with Gasteiger partial charge in [-0.3, -0.25) is 4.79 Å². The van der Waals surface area contributed by atoms with Gasteiger partial charge in [0.25, 0.3) is 0 Å². The van der Waals surface area contributed by atoms with Crippen LogP contribution >= 0.6 is 0 Å². The van der Waals surface area contributed by atoms with E-state index in [4.69, 9.17) is 0 Å². The second-order valence-electron chi connectivity index (χ2n) is 4.92. The summed E-state index contributed by atoms with van der Waals surface area (Å²) < 4.78 is 0. The van der Waals surface area contributed by atoms with Crippen LogP contribution in [0.5, 0.6) is 0 Å². The van der Waals surface area contributed by atoms with Crippen molar-refractivity contribution in [2.24, 2.45) is 16.7 Å². The third-order valence-electron chi connectivity index (χ3n) is 4.48. The van der Waals surface area contributed by atoms with E-state index in [9.17, 15) is 4.79 Å². The summed E-state index contributed by atoms with van der Waals surface area (Å²) in [4.78, 5) is 11.6. The first-order valence-electron chi connectivity index (χ1n) is 4.52. The van der Waals surface area contributed by atoms with Crippen molar-refractivity contribution in [2.45, 2.75) is 40.0 Å². The molecule has 0 aromatic rings. The first-order chi connectivity index (χ1) is 4.98. The van der Waals surface area contributed by atoms with Gasteiger partial charge in [0.15, 0.2) is 0 Å². The average Bonchev–Trinajstić information content (AvgIpc) is 2.20. The Morgan fingerprint density at radius 2 is 1.92 bits per heavy atom. The van der Waals surface area contributed by atoms with E-state index in [0.29, 0.717) is 11.7 Å². The Morgan fingerprint density at radius 3 is 2.08 bits per heavy atom. The van der Waals surface area contributed by atoms with Gasteiger partial charge in [0.2, 0.25) is 0 Å². The summed E-state index contributed by atoms with van der Waals surface area (Å²) in [5.74, 6) is 1.19. The summed E-state index contributed by atoms with van der Waals surface area (Å²) in [5.41, 5.74) is 0.307. The predicted octanol–water partition coefficient (Wildman–Crippen LogP) is 2.40. The number of ketones is 1. The molecule has 0 radical (unpaired) electrons. The third kappa shape index (κ3) is 0.885. The summed E-state index contributed by atoms with van der Waals surface area (Å²) in [5, 5.41) is 0. The van der Waals surface area contributed by atoms with Crippen molar-refractivity contribution in [3.8, 4) is 0 Å². The van der Waals surface area contributed by atoms with Crippen LogP contribution in [0.3, 0.4) is 0 Å². The number of rotatable bonds is 0. The molecule has 12 heavy (non-hydrogen) atoms. The van der Waals surface area contributed by atoms with Crippen molar-refractivity contribution < 1.29 is 21.9 Å². The van der Waals surface area contributed by atoms with E-state index < -0.39 is 0 Å². The van der Waals surface area contributed by atoms with Crippen LogP contribution in [-0.2, 0) is 21.9 Å². The second-order valence-corrected chi connectivity index (χ2v) is 4.92. The Balaban J connectivity index is 0.000000720. The normalized spacial score (nSPS) is 42.9. The Labute approximate surface area is 84.8 Å². The SMILES string of the molecule is CC12CCC(CC1=O)C2(C)C.[Fe]. The van der Waals surface area contributed by atoms with Crippen LogP contribution in [0.25, 0.3) is 0 Å². The van der Waals surface area contributed by atoms with Crippen molar-refractivity contribution in [1.29, 1.82) is 0 Å². The third-order valence-corrected chi connectivity index (χ3v) is 4.48. The molecule has 2 aliphatic rings. The van der Waals surface area contributed by atoms with Gasteiger partial charge in [-0.15, -0.1) is 0 Å². The van der Waals surface area contributed by atoms with Gasteiger partial charge >= 0.3 is 0 Å². The molecule has 70 valence electrons. The fourth-order valence-electron chi connectivity index (χ4n) is 2.90. The van der Waals surface area contributed by atoms with Crippen LogP contribution in [0.4, 0.5) is 0 Å². The first-order valence-corrected chi connectivity index (χ1v) is 4.52. The number of carbonyl (C=O) groups is 1. The molecule has 0 aromatic heterocycles. The van der Waals surface area contributed by atoms with E-state index in [-0.39, 0.29) is 27.9 Å². The van der Waals surface area contributed by atoms with E-state index >= 15 is 0 Å². The number of hydrogen-bond acceptors (Lipinski definition) is 1. The van der Waals surface area contributed by atoms with E-state index in [1.807, 2.05) is 0 Å². The Hall–Kier alpha value is 0.189. The monoisotopic (exact) mass is 208 g/mol. The van der Waals surface area contributed by atoms with E-state index in [1.54, 1.807) is 0 Å². The molecule has 0 heterocycles. The minimum Gasteiger partial charge on any atom is -0.299 e. The summed E-state index contributed by atoms with van der Waals surface area (Å²) >= 11 is 0. The first kappa shape index (κ1) is 10.3. The van der Waals surface area contributed by atoms with Crippen molar-refractivity contribution >= 4 is 5.78 Å². The molecule has 2 saturated carbocycles. The van der Waals surface area contributed by atoms with Crippen LogP contribution in [0.2, 0.25) is 0 Å². The Kier molecular flexibility index (Phi) is 2.21. The Bertz CT molecular complexity index is 222. The zero-order valence-corrected chi connectivity index (χ0v) is 9.06. The van der Waals surface area contributed by atoms with Gasteiger partial charge in [-0.05, 0) is 24.2 Å². The van der Waals surface area contributed by atoms with Crippen LogP contribution in [0.15, 0.2) is 0 Å². The quantitative estimate of drug-likeness (QED) is 0.558. The molecule has 2 rings (SSSR count). The largest absolute Gasteiger partial charge is 0.299 e. The molecule has 0 aromatic carbocycles. The molecular formula is C10H16FeO. The van der Waals surface area contributed by atoms with E-state index in [1.165, 1.54) is 6.42 Å². The topological polar surface area (TPSA) is 17.1 Å². The molecule has 2 unspecified atom stereocenters. The smallest absolute Gasteiger partial charge is 0.139 e. The molecule has 2 heteroatoms.